The summed E-state index contributed by atoms with van der Waals surface area (Å²) in [5.41, 5.74) is 1.61. The zero-order valence-corrected chi connectivity index (χ0v) is 26.7. The van der Waals surface area contributed by atoms with Crippen LogP contribution in [-0.2, 0) is 32.6 Å². The summed E-state index contributed by atoms with van der Waals surface area (Å²) in [7, 11) is -2.58. The molecule has 8 nitrogen and oxygen atoms in total. The third kappa shape index (κ3) is 8.87. The fourth-order valence-corrected chi connectivity index (χ4v) is 6.57. The van der Waals surface area contributed by atoms with Crippen LogP contribution in [0.1, 0.15) is 43.2 Å². The Bertz CT molecular complexity index is 1510. The van der Waals surface area contributed by atoms with Crippen molar-refractivity contribution in [2.75, 3.05) is 24.2 Å². The minimum Gasteiger partial charge on any atom is -0.495 e. The highest BCUT2D eigenvalue weighted by atomic mass is 35.5. The van der Waals surface area contributed by atoms with Gasteiger partial charge in [-0.15, -0.1) is 0 Å². The molecule has 0 unspecified atom stereocenters. The lowest BCUT2D eigenvalue weighted by Crippen LogP contribution is -2.55. The molecule has 0 spiro atoms. The maximum atomic E-state index is 14.3. The van der Waals surface area contributed by atoms with Crippen LogP contribution in [0.15, 0.2) is 72.8 Å². The number of benzene rings is 3. The van der Waals surface area contributed by atoms with Crippen LogP contribution in [0.3, 0.4) is 0 Å². The van der Waals surface area contributed by atoms with Gasteiger partial charge < -0.3 is 15.0 Å². The number of amides is 2. The normalized spacial score (nSPS) is 14.5. The lowest BCUT2D eigenvalue weighted by atomic mass is 9.94. The van der Waals surface area contributed by atoms with Gasteiger partial charge in [0.15, 0.2) is 0 Å². The summed E-state index contributed by atoms with van der Waals surface area (Å²) in [5, 5.41) is 3.89. The standard InChI is InChI=1S/C32H37Cl2N3O5S/c1-42-30-18-17-25(33)20-28(30)37(43(2,40)41)22-31(38)36(21-24-13-9-10-16-27(24)34)29(19-23-11-5-3-6-12-23)32(39)35-26-14-7-4-8-15-26/h3,5-6,9-13,16-18,20,26,29H,4,7-8,14-15,19,21-22H2,1-2H3,(H,35,39)/t29-/m0/s1. The molecule has 3 aromatic rings. The van der Waals surface area contributed by atoms with Crippen molar-refractivity contribution in [2.45, 2.75) is 57.2 Å². The van der Waals surface area contributed by atoms with E-state index < -0.39 is 28.5 Å². The van der Waals surface area contributed by atoms with Crippen molar-refractivity contribution in [3.63, 3.8) is 0 Å². The first-order chi connectivity index (χ1) is 20.6. The molecule has 1 saturated carbocycles. The number of rotatable bonds is 12. The van der Waals surface area contributed by atoms with E-state index in [9.17, 15) is 18.0 Å². The quantitative estimate of drug-likeness (QED) is 0.266. The maximum absolute atomic E-state index is 14.3. The number of nitrogens with one attached hydrogen (secondary N) is 1. The minimum atomic E-state index is -3.98. The number of halogens is 2. The molecule has 0 bridgehead atoms. The Labute approximate surface area is 264 Å². The third-order valence-corrected chi connectivity index (χ3v) is 9.34. The minimum absolute atomic E-state index is 0.00161. The number of hydrogen-bond acceptors (Lipinski definition) is 5. The largest absolute Gasteiger partial charge is 0.495 e. The van der Waals surface area contributed by atoms with Gasteiger partial charge in [-0.05, 0) is 48.2 Å². The Morgan fingerprint density at radius 2 is 1.65 bits per heavy atom. The van der Waals surface area contributed by atoms with Gasteiger partial charge in [-0.25, -0.2) is 8.42 Å². The number of anilines is 1. The van der Waals surface area contributed by atoms with E-state index in [1.165, 1.54) is 24.1 Å². The number of carbonyl (C=O) groups excluding carboxylic acids is 2. The van der Waals surface area contributed by atoms with Gasteiger partial charge in [0.1, 0.15) is 18.3 Å². The predicted molar refractivity (Wildman–Crippen MR) is 171 cm³/mol. The van der Waals surface area contributed by atoms with Gasteiger partial charge >= 0.3 is 0 Å². The topological polar surface area (TPSA) is 96.0 Å². The number of ether oxygens (including phenoxy) is 1. The molecule has 2 amide bonds. The van der Waals surface area contributed by atoms with Gasteiger partial charge in [-0.3, -0.25) is 13.9 Å². The summed E-state index contributed by atoms with van der Waals surface area (Å²) < 4.78 is 32.6. The second kappa shape index (κ2) is 14.9. The van der Waals surface area contributed by atoms with E-state index in [0.29, 0.717) is 10.6 Å². The van der Waals surface area contributed by atoms with E-state index in [2.05, 4.69) is 5.32 Å². The third-order valence-electron chi connectivity index (χ3n) is 7.61. The lowest BCUT2D eigenvalue weighted by Gasteiger charge is -2.35. The van der Waals surface area contributed by atoms with Crippen LogP contribution in [0.4, 0.5) is 5.69 Å². The van der Waals surface area contributed by atoms with Crippen molar-refractivity contribution in [3.8, 4) is 5.75 Å². The van der Waals surface area contributed by atoms with Gasteiger partial charge in [0, 0.05) is 29.1 Å². The van der Waals surface area contributed by atoms with Crippen LogP contribution in [0.25, 0.3) is 0 Å². The van der Waals surface area contributed by atoms with Crippen molar-refractivity contribution in [3.05, 3.63) is 94.0 Å². The first kappa shape index (κ1) is 32.6. The molecule has 1 fully saturated rings. The molecule has 1 aliphatic carbocycles. The Hall–Kier alpha value is -3.27. The molecule has 0 heterocycles. The monoisotopic (exact) mass is 645 g/mol. The number of sulfonamides is 1. The summed E-state index contributed by atoms with van der Waals surface area (Å²) >= 11 is 12.8. The van der Waals surface area contributed by atoms with Gasteiger partial charge in [0.2, 0.25) is 21.8 Å². The zero-order chi connectivity index (χ0) is 31.0. The number of nitrogens with zero attached hydrogens (tertiary/aromatic N) is 2. The highest BCUT2D eigenvalue weighted by Crippen LogP contribution is 2.33. The molecule has 0 radical (unpaired) electrons. The van der Waals surface area contributed by atoms with Crippen molar-refractivity contribution in [1.82, 2.24) is 10.2 Å². The molecular formula is C32H37Cl2N3O5S. The van der Waals surface area contributed by atoms with Gasteiger partial charge in [-0.1, -0.05) is 91.0 Å². The van der Waals surface area contributed by atoms with Crippen molar-refractivity contribution in [2.24, 2.45) is 0 Å². The van der Waals surface area contributed by atoms with Crippen LogP contribution in [0, 0.1) is 0 Å². The number of hydrogen-bond donors (Lipinski definition) is 1. The van der Waals surface area contributed by atoms with E-state index in [0.717, 1.165) is 48.2 Å². The van der Waals surface area contributed by atoms with Crippen molar-refractivity contribution in [1.29, 1.82) is 0 Å². The number of carbonyl (C=O) groups is 2. The van der Waals surface area contributed by atoms with Crippen LogP contribution in [0.5, 0.6) is 5.75 Å². The predicted octanol–water partition coefficient (Wildman–Crippen LogP) is 5.86. The van der Waals surface area contributed by atoms with Crippen LogP contribution >= 0.6 is 23.2 Å². The number of methoxy groups -OCH3 is 1. The van der Waals surface area contributed by atoms with E-state index >= 15 is 0 Å². The highest BCUT2D eigenvalue weighted by molar-refractivity contribution is 7.92. The van der Waals surface area contributed by atoms with E-state index in [-0.39, 0.29) is 41.4 Å². The second-order valence-corrected chi connectivity index (χ2v) is 13.5. The Morgan fingerprint density at radius 1 is 0.977 bits per heavy atom. The van der Waals surface area contributed by atoms with Gasteiger partial charge in [0.25, 0.3) is 0 Å². The second-order valence-electron chi connectivity index (χ2n) is 10.7. The average Bonchev–Trinajstić information content (AvgIpc) is 2.99. The van der Waals surface area contributed by atoms with Crippen molar-refractivity contribution < 1.29 is 22.7 Å². The molecule has 4 rings (SSSR count). The molecule has 1 atom stereocenters. The van der Waals surface area contributed by atoms with E-state index in [1.54, 1.807) is 30.3 Å². The fraction of sp³-hybridized carbons (Fsp3) is 0.375. The Morgan fingerprint density at radius 3 is 2.30 bits per heavy atom. The Kier molecular flexibility index (Phi) is 11.3. The first-order valence-corrected chi connectivity index (χ1v) is 16.9. The van der Waals surface area contributed by atoms with Crippen LogP contribution < -0.4 is 14.4 Å². The molecule has 3 aromatic carbocycles. The average molecular weight is 647 g/mol. The van der Waals surface area contributed by atoms with Gasteiger partial charge in [0.05, 0.1) is 19.1 Å². The summed E-state index contributed by atoms with van der Waals surface area (Å²) in [4.78, 5) is 29.8. The van der Waals surface area contributed by atoms with Gasteiger partial charge in [-0.2, -0.15) is 0 Å². The molecule has 0 aromatic heterocycles. The lowest BCUT2D eigenvalue weighted by molar-refractivity contribution is -0.140. The summed E-state index contributed by atoms with van der Waals surface area (Å²) in [6.07, 6.45) is 6.18. The molecule has 1 N–H and O–H groups in total. The first-order valence-electron chi connectivity index (χ1n) is 14.2. The van der Waals surface area contributed by atoms with Crippen LogP contribution in [0.2, 0.25) is 10.0 Å². The molecule has 0 saturated heterocycles. The van der Waals surface area contributed by atoms with E-state index in [1.807, 2.05) is 30.3 Å². The van der Waals surface area contributed by atoms with Crippen LogP contribution in [-0.4, -0.2) is 57.1 Å². The van der Waals surface area contributed by atoms with E-state index in [4.69, 9.17) is 27.9 Å². The summed E-state index contributed by atoms with van der Waals surface area (Å²) in [5.74, 6) is -0.634. The molecular weight excluding hydrogens is 609 g/mol. The molecule has 11 heteroatoms. The summed E-state index contributed by atoms with van der Waals surface area (Å²) in [6.45, 7) is -0.583. The molecule has 43 heavy (non-hydrogen) atoms. The molecule has 0 aliphatic heterocycles. The summed E-state index contributed by atoms with van der Waals surface area (Å²) in [6, 6.07) is 20.2. The smallest absolute Gasteiger partial charge is 0.244 e. The molecule has 1 aliphatic rings. The highest BCUT2D eigenvalue weighted by Gasteiger charge is 2.35. The fourth-order valence-electron chi connectivity index (χ4n) is 5.36. The van der Waals surface area contributed by atoms with Crippen molar-refractivity contribution >= 4 is 50.7 Å². The Balaban J connectivity index is 1.76. The molecule has 230 valence electrons. The zero-order valence-electron chi connectivity index (χ0n) is 24.3. The maximum Gasteiger partial charge on any atom is 0.244 e. The SMILES string of the molecule is COc1ccc(Cl)cc1N(CC(=O)N(Cc1ccccc1Cl)[C@@H](Cc1ccccc1)C(=O)NC1CCCCC1)S(C)(=O)=O.